The van der Waals surface area contributed by atoms with Crippen LogP contribution in [0.2, 0.25) is 5.02 Å². The highest BCUT2D eigenvalue weighted by Gasteiger charge is 2.29. The number of piperazine rings is 1. The molecule has 0 bridgehead atoms. The highest BCUT2D eigenvalue weighted by molar-refractivity contribution is 6.34. The first kappa shape index (κ1) is 30.1. The summed E-state index contributed by atoms with van der Waals surface area (Å²) in [6.45, 7) is 15.9. The second kappa shape index (κ2) is 12.1. The lowest BCUT2D eigenvalue weighted by atomic mass is 9.94. The molecule has 5 rings (SSSR count). The van der Waals surface area contributed by atoms with Gasteiger partial charge in [-0.15, -0.1) is 6.42 Å². The molecule has 0 spiro atoms. The van der Waals surface area contributed by atoms with Crippen molar-refractivity contribution in [3.8, 4) is 29.3 Å². The van der Waals surface area contributed by atoms with Crippen LogP contribution < -0.4 is 10.5 Å². The number of pyridine rings is 3. The van der Waals surface area contributed by atoms with Crippen LogP contribution in [0.5, 0.6) is 0 Å². The number of carbonyl (C=O) groups is 1. The number of amides is 1. The van der Waals surface area contributed by atoms with Gasteiger partial charge >= 0.3 is 0 Å². The van der Waals surface area contributed by atoms with Gasteiger partial charge in [-0.05, 0) is 48.1 Å². The third-order valence-corrected chi connectivity index (χ3v) is 8.35. The van der Waals surface area contributed by atoms with Gasteiger partial charge in [-0.25, -0.2) is 4.98 Å². The van der Waals surface area contributed by atoms with E-state index in [1.54, 1.807) is 15.7 Å². The quantitative estimate of drug-likeness (QED) is 0.189. The van der Waals surface area contributed by atoms with Gasteiger partial charge in [0.25, 0.3) is 5.56 Å². The van der Waals surface area contributed by atoms with Crippen molar-refractivity contribution in [2.45, 2.75) is 46.5 Å². The average Bonchev–Trinajstić information content (AvgIpc) is 3.00. The fourth-order valence-corrected chi connectivity index (χ4v) is 6.16. The maximum atomic E-state index is 14.5. The maximum absolute atomic E-state index is 14.5. The average molecular weight is 594 g/mol. The summed E-state index contributed by atoms with van der Waals surface area (Å²) in [7, 11) is 0. The monoisotopic (exact) mass is 593 g/mol. The van der Waals surface area contributed by atoms with E-state index >= 15 is 0 Å². The number of terminal acetylenes is 1. The van der Waals surface area contributed by atoms with E-state index in [0.29, 0.717) is 59.3 Å². The van der Waals surface area contributed by atoms with Crippen molar-refractivity contribution in [1.29, 1.82) is 0 Å². The van der Waals surface area contributed by atoms with Crippen LogP contribution in [0.15, 0.2) is 60.0 Å². The molecule has 0 unspecified atom stereocenters. The molecular weight excluding hydrogens is 558 g/mol. The van der Waals surface area contributed by atoms with Crippen LogP contribution >= 0.6 is 11.6 Å². The van der Waals surface area contributed by atoms with Crippen molar-refractivity contribution in [3.63, 3.8) is 0 Å². The third kappa shape index (κ3) is 5.32. The molecule has 8 heteroatoms. The molecule has 1 amide bonds. The van der Waals surface area contributed by atoms with Crippen molar-refractivity contribution in [2.75, 3.05) is 31.1 Å². The maximum Gasteiger partial charge on any atom is 0.274 e. The lowest BCUT2D eigenvalue weighted by molar-refractivity contribution is -0.126. The predicted octanol–water partition coefficient (Wildman–Crippen LogP) is 6.47. The molecule has 4 heterocycles. The molecule has 43 heavy (non-hydrogen) atoms. The van der Waals surface area contributed by atoms with E-state index in [2.05, 4.69) is 42.3 Å². The second-order valence-corrected chi connectivity index (χ2v) is 11.9. The Balaban J connectivity index is 1.88. The number of halogens is 1. The Morgan fingerprint density at radius 3 is 2.40 bits per heavy atom. The molecule has 1 saturated heterocycles. The van der Waals surface area contributed by atoms with Crippen LogP contribution in [0, 0.1) is 19.3 Å². The molecule has 0 radical (unpaired) electrons. The number of hydrogen-bond acceptors (Lipinski definition) is 5. The second-order valence-electron chi connectivity index (χ2n) is 11.5. The largest absolute Gasteiger partial charge is 0.366 e. The van der Waals surface area contributed by atoms with Crippen molar-refractivity contribution >= 4 is 34.2 Å². The Bertz CT molecular complexity index is 1840. The summed E-state index contributed by atoms with van der Waals surface area (Å²) >= 11 is 7.06. The Morgan fingerprint density at radius 2 is 1.77 bits per heavy atom. The minimum Gasteiger partial charge on any atom is -0.366 e. The van der Waals surface area contributed by atoms with Gasteiger partial charge in [0, 0.05) is 43.3 Å². The van der Waals surface area contributed by atoms with Gasteiger partial charge in [-0.3, -0.25) is 19.1 Å². The Labute approximate surface area is 257 Å². The number of aromatic nitrogens is 3. The van der Waals surface area contributed by atoms with Crippen molar-refractivity contribution < 1.29 is 4.79 Å². The van der Waals surface area contributed by atoms with Gasteiger partial charge in [0.2, 0.25) is 5.91 Å². The van der Waals surface area contributed by atoms with Crippen LogP contribution in [-0.4, -0.2) is 51.5 Å². The van der Waals surface area contributed by atoms with Gasteiger partial charge in [0.1, 0.15) is 11.2 Å². The zero-order chi connectivity index (χ0) is 31.0. The summed E-state index contributed by atoms with van der Waals surface area (Å²) in [6.07, 6.45) is 9.19. The number of benzene rings is 1. The van der Waals surface area contributed by atoms with E-state index in [-0.39, 0.29) is 28.9 Å². The minimum atomic E-state index is -0.342. The Morgan fingerprint density at radius 1 is 1.07 bits per heavy atom. The molecule has 1 fully saturated rings. The van der Waals surface area contributed by atoms with Gasteiger partial charge in [0.05, 0.1) is 27.8 Å². The molecule has 0 saturated carbocycles. The fourth-order valence-electron chi connectivity index (χ4n) is 5.90. The van der Waals surface area contributed by atoms with Crippen LogP contribution in [0.3, 0.4) is 0 Å². The van der Waals surface area contributed by atoms with Crippen molar-refractivity contribution in [3.05, 3.63) is 93.0 Å². The zero-order valence-electron chi connectivity index (χ0n) is 25.3. The summed E-state index contributed by atoms with van der Waals surface area (Å²) in [5, 5.41) is 1.13. The number of fused-ring (bicyclic) bond motifs is 1. The molecule has 220 valence electrons. The Kier molecular flexibility index (Phi) is 8.43. The van der Waals surface area contributed by atoms with Crippen LogP contribution in [0.1, 0.15) is 61.9 Å². The first-order valence-corrected chi connectivity index (χ1v) is 14.9. The zero-order valence-corrected chi connectivity index (χ0v) is 26.1. The molecule has 0 atom stereocenters. The number of anilines is 1. The highest BCUT2D eigenvalue weighted by atomic mass is 35.5. The molecule has 3 aromatic heterocycles. The van der Waals surface area contributed by atoms with Crippen LogP contribution in [-0.2, 0) is 4.79 Å². The van der Waals surface area contributed by atoms with Gasteiger partial charge in [-0.2, -0.15) is 0 Å². The highest BCUT2D eigenvalue weighted by Crippen LogP contribution is 2.39. The molecule has 1 aromatic carbocycles. The normalized spacial score (nSPS) is 13.6. The topological polar surface area (TPSA) is 71.3 Å². The van der Waals surface area contributed by atoms with Crippen molar-refractivity contribution in [2.24, 2.45) is 0 Å². The number of aryl methyl sites for hydroxylation is 1. The number of nitrogens with zero attached hydrogens (tertiary/aromatic N) is 5. The molecular formula is C35H36ClN5O2. The third-order valence-electron chi connectivity index (χ3n) is 8.07. The lowest BCUT2D eigenvalue weighted by Crippen LogP contribution is -2.49. The minimum absolute atomic E-state index is 0.0368. The summed E-state index contributed by atoms with van der Waals surface area (Å²) < 4.78 is 1.63. The molecule has 1 aliphatic rings. The molecule has 1 aliphatic heterocycles. The van der Waals surface area contributed by atoms with Crippen molar-refractivity contribution in [1.82, 2.24) is 19.4 Å². The van der Waals surface area contributed by atoms with E-state index in [0.717, 1.165) is 22.4 Å². The van der Waals surface area contributed by atoms with E-state index in [1.807, 2.05) is 51.1 Å². The smallest absolute Gasteiger partial charge is 0.274 e. The van der Waals surface area contributed by atoms with Gasteiger partial charge in [0.15, 0.2) is 0 Å². The molecule has 0 N–H and O–H groups in total. The predicted molar refractivity (Wildman–Crippen MR) is 175 cm³/mol. The van der Waals surface area contributed by atoms with Gasteiger partial charge in [-0.1, -0.05) is 76.1 Å². The molecule has 0 aliphatic carbocycles. The summed E-state index contributed by atoms with van der Waals surface area (Å²) in [4.78, 5) is 40.5. The van der Waals surface area contributed by atoms with E-state index in [9.17, 15) is 9.59 Å². The standard InChI is InChI=1S/C35H36ClN5O2/c1-8-24-33(40-18-16-39(17-19-40)29(42)9-2)27-20-28(36)31(26-13-11-10-12-25(26)21(3)4)38-34(27)41(35(24)43)32-23(7)14-15-37-30(32)22(5)6/h1,9-15,20-22H,2,16-19H2,3-7H3. The van der Waals surface area contributed by atoms with E-state index in [1.165, 1.54) is 6.08 Å². The first-order chi connectivity index (χ1) is 20.6. The number of carbonyl (C=O) groups excluding carboxylic acids is 1. The van der Waals surface area contributed by atoms with E-state index < -0.39 is 0 Å². The van der Waals surface area contributed by atoms with Crippen LogP contribution in [0.4, 0.5) is 5.69 Å². The Hall–Kier alpha value is -4.41. The molecule has 7 nitrogen and oxygen atoms in total. The summed E-state index contributed by atoms with van der Waals surface area (Å²) in [5.74, 6) is 2.85. The SMILES string of the molecule is C#Cc1c(N2CCN(C(=O)C=C)CC2)c2cc(Cl)c(-c3ccccc3C(C)C)nc2n(-c2c(C)ccnc2C(C)C)c1=O. The van der Waals surface area contributed by atoms with E-state index in [4.69, 9.17) is 23.0 Å². The molecule has 4 aromatic rings. The summed E-state index contributed by atoms with van der Waals surface area (Å²) in [5.41, 5.74) is 5.90. The lowest BCUT2D eigenvalue weighted by Gasteiger charge is -2.37. The summed E-state index contributed by atoms with van der Waals surface area (Å²) in [6, 6.07) is 11.8. The van der Waals surface area contributed by atoms with Crippen LogP contribution in [0.25, 0.3) is 28.0 Å². The first-order valence-electron chi connectivity index (χ1n) is 14.6. The number of hydrogen-bond donors (Lipinski definition) is 0. The van der Waals surface area contributed by atoms with Gasteiger partial charge < -0.3 is 9.80 Å². The fraction of sp³-hybridized carbons (Fsp3) is 0.314. The number of rotatable bonds is 6.